The van der Waals surface area contributed by atoms with Crippen molar-refractivity contribution in [3.63, 3.8) is 0 Å². The molecule has 29 heavy (non-hydrogen) atoms. The third kappa shape index (κ3) is 5.65. The summed E-state index contributed by atoms with van der Waals surface area (Å²) in [5.74, 6) is -2.39. The number of amides is 2. The summed E-state index contributed by atoms with van der Waals surface area (Å²) in [4.78, 5) is 14.0. The fourth-order valence-electron chi connectivity index (χ4n) is 3.36. The molecule has 2 aromatic carbocycles. The van der Waals surface area contributed by atoms with Crippen molar-refractivity contribution in [3.05, 3.63) is 64.2 Å². The van der Waals surface area contributed by atoms with Crippen molar-refractivity contribution in [2.75, 3.05) is 38.2 Å². The third-order valence-corrected chi connectivity index (χ3v) is 5.14. The van der Waals surface area contributed by atoms with Gasteiger partial charge in [0.15, 0.2) is 11.6 Å². The molecule has 3 rings (SSSR count). The summed E-state index contributed by atoms with van der Waals surface area (Å²) >= 11 is 6.00. The van der Waals surface area contributed by atoms with Crippen LogP contribution in [-0.2, 0) is 17.6 Å². The van der Waals surface area contributed by atoms with Crippen LogP contribution < -0.4 is 5.32 Å². The van der Waals surface area contributed by atoms with Gasteiger partial charge in [-0.3, -0.25) is 0 Å². The van der Waals surface area contributed by atoms with Gasteiger partial charge in [0.2, 0.25) is 0 Å². The number of carbonyl (C=O) groups excluding carboxylic acids is 1. The summed E-state index contributed by atoms with van der Waals surface area (Å²) < 4.78 is 33.7. The van der Waals surface area contributed by atoms with E-state index in [2.05, 4.69) is 5.32 Å². The van der Waals surface area contributed by atoms with Gasteiger partial charge in [-0.1, -0.05) is 23.7 Å². The lowest BCUT2D eigenvalue weighted by Gasteiger charge is -2.27. The van der Waals surface area contributed by atoms with Crippen LogP contribution in [0.4, 0.5) is 19.3 Å². The van der Waals surface area contributed by atoms with Crippen LogP contribution in [0, 0.1) is 17.6 Å². The number of benzene rings is 2. The van der Waals surface area contributed by atoms with E-state index >= 15 is 0 Å². The van der Waals surface area contributed by atoms with Gasteiger partial charge in [0.25, 0.3) is 0 Å². The van der Waals surface area contributed by atoms with Crippen LogP contribution in [0.1, 0.15) is 11.1 Å². The van der Waals surface area contributed by atoms with Gasteiger partial charge >= 0.3 is 6.03 Å². The highest BCUT2D eigenvalue weighted by molar-refractivity contribution is 6.30. The van der Waals surface area contributed by atoms with Gasteiger partial charge in [-0.05, 0) is 48.6 Å². The van der Waals surface area contributed by atoms with Gasteiger partial charge in [-0.2, -0.15) is 0 Å². The number of nitrogens with one attached hydrogen (secondary N) is 1. The Balaban J connectivity index is 1.79. The number of morpholine rings is 1. The number of ether oxygens (including phenoxy) is 1. The highest BCUT2D eigenvalue weighted by Crippen LogP contribution is 2.27. The van der Waals surface area contributed by atoms with Crippen LogP contribution in [0.5, 0.6) is 0 Å². The molecule has 2 N–H and O–H groups in total. The molecule has 1 atom stereocenters. The van der Waals surface area contributed by atoms with Crippen molar-refractivity contribution in [2.24, 2.45) is 5.92 Å². The molecule has 1 aliphatic heterocycles. The van der Waals surface area contributed by atoms with Gasteiger partial charge in [-0.15, -0.1) is 0 Å². The summed E-state index contributed by atoms with van der Waals surface area (Å²) in [6, 6.07) is 9.10. The number of aliphatic hydroxyl groups excluding tert-OH is 1. The monoisotopic (exact) mass is 424 g/mol. The molecule has 2 aromatic rings. The predicted octanol–water partition coefficient (Wildman–Crippen LogP) is 3.88. The number of anilines is 1. The second-order valence-corrected chi connectivity index (χ2v) is 7.44. The number of hydrogen-bond donors (Lipinski definition) is 2. The lowest BCUT2D eigenvalue weighted by Crippen LogP contribution is -2.43. The Morgan fingerprint density at radius 2 is 1.97 bits per heavy atom. The number of rotatable bonds is 6. The quantitative estimate of drug-likeness (QED) is 0.739. The molecule has 8 heteroatoms. The van der Waals surface area contributed by atoms with Gasteiger partial charge in [-0.25, -0.2) is 13.6 Å². The van der Waals surface area contributed by atoms with Crippen LogP contribution in [-0.4, -0.2) is 48.9 Å². The normalized spacial score (nSPS) is 15.2. The van der Waals surface area contributed by atoms with Crippen LogP contribution in [0.2, 0.25) is 5.02 Å². The molecule has 1 unspecified atom stereocenters. The predicted molar refractivity (Wildman–Crippen MR) is 107 cm³/mol. The molecule has 1 aliphatic rings. The Morgan fingerprint density at radius 3 is 2.66 bits per heavy atom. The number of urea groups is 1. The second-order valence-electron chi connectivity index (χ2n) is 7.00. The Morgan fingerprint density at radius 1 is 1.21 bits per heavy atom. The van der Waals surface area contributed by atoms with E-state index in [0.717, 1.165) is 11.6 Å². The number of aliphatic hydroxyl groups is 1. The first-order valence-corrected chi connectivity index (χ1v) is 9.81. The van der Waals surface area contributed by atoms with Gasteiger partial charge in [0.05, 0.1) is 13.2 Å². The highest BCUT2D eigenvalue weighted by atomic mass is 35.5. The van der Waals surface area contributed by atoms with Crippen LogP contribution in [0.25, 0.3) is 0 Å². The molecular formula is C21H23ClF2N2O3. The first kappa shape index (κ1) is 21.5. The van der Waals surface area contributed by atoms with E-state index in [-0.39, 0.29) is 30.2 Å². The minimum absolute atomic E-state index is 0.0349. The third-order valence-electron chi connectivity index (χ3n) is 4.90. The number of nitrogens with zero attached hydrogens (tertiary/aromatic N) is 1. The van der Waals surface area contributed by atoms with Gasteiger partial charge in [0, 0.05) is 36.0 Å². The van der Waals surface area contributed by atoms with Crippen molar-refractivity contribution in [1.82, 2.24) is 4.90 Å². The minimum atomic E-state index is -1.02. The maximum absolute atomic E-state index is 14.6. The molecule has 0 radical (unpaired) electrons. The Bertz CT molecular complexity index is 860. The Labute approximate surface area is 173 Å². The van der Waals surface area contributed by atoms with E-state index < -0.39 is 17.7 Å². The summed E-state index contributed by atoms with van der Waals surface area (Å²) in [5, 5.41) is 13.0. The Kier molecular flexibility index (Phi) is 7.41. The first-order chi connectivity index (χ1) is 14.0. The average Bonchev–Trinajstić information content (AvgIpc) is 2.73. The number of hydrogen-bond acceptors (Lipinski definition) is 3. The van der Waals surface area contributed by atoms with Crippen molar-refractivity contribution in [1.29, 1.82) is 0 Å². The smallest absolute Gasteiger partial charge is 0.322 e. The van der Waals surface area contributed by atoms with Gasteiger partial charge in [0.1, 0.15) is 0 Å². The fraction of sp³-hybridized carbons (Fsp3) is 0.381. The van der Waals surface area contributed by atoms with E-state index in [1.807, 2.05) is 6.07 Å². The molecule has 1 fully saturated rings. The number of carbonyl (C=O) groups is 1. The lowest BCUT2D eigenvalue weighted by atomic mass is 9.92. The zero-order valence-electron chi connectivity index (χ0n) is 15.8. The number of halogens is 3. The molecule has 1 saturated heterocycles. The van der Waals surface area contributed by atoms with Crippen molar-refractivity contribution >= 4 is 23.3 Å². The zero-order chi connectivity index (χ0) is 20.8. The summed E-state index contributed by atoms with van der Waals surface area (Å²) in [6.07, 6.45) is 0.495. The molecule has 0 bridgehead atoms. The topological polar surface area (TPSA) is 61.8 Å². The van der Waals surface area contributed by atoms with Crippen LogP contribution >= 0.6 is 11.6 Å². The minimum Gasteiger partial charge on any atom is -0.396 e. The maximum atomic E-state index is 14.6. The molecule has 1 heterocycles. The summed E-state index contributed by atoms with van der Waals surface area (Å²) in [7, 11) is 0. The highest BCUT2D eigenvalue weighted by Gasteiger charge is 2.22. The summed E-state index contributed by atoms with van der Waals surface area (Å²) in [5.41, 5.74) is 1.12. The molecule has 0 aliphatic carbocycles. The Hall–Kier alpha value is -2.22. The lowest BCUT2D eigenvalue weighted by molar-refractivity contribution is 0.0564. The molecular weight excluding hydrogens is 402 g/mol. The molecule has 0 aromatic heterocycles. The van der Waals surface area contributed by atoms with E-state index in [0.29, 0.717) is 37.7 Å². The SMILES string of the molecule is O=C(Nc1ccc(F)c(F)c1CC(CO)Cc1cccc(Cl)c1)N1CCOCC1. The molecule has 5 nitrogen and oxygen atoms in total. The van der Waals surface area contributed by atoms with Crippen LogP contribution in [0.15, 0.2) is 36.4 Å². The largest absolute Gasteiger partial charge is 0.396 e. The standard InChI is InChI=1S/C21H23ClF2N2O3/c22-16-3-1-2-14(11-16)10-15(13-27)12-17-19(5-4-18(23)20(17)24)25-21(28)26-6-8-29-9-7-26/h1-5,11,15,27H,6-10,12-13H2,(H,25,28). The molecule has 0 spiro atoms. The summed E-state index contributed by atoms with van der Waals surface area (Å²) in [6.45, 7) is 1.51. The van der Waals surface area contributed by atoms with E-state index in [1.165, 1.54) is 6.07 Å². The van der Waals surface area contributed by atoms with Gasteiger partial charge < -0.3 is 20.1 Å². The second kappa shape index (κ2) is 10.0. The average molecular weight is 425 g/mol. The first-order valence-electron chi connectivity index (χ1n) is 9.43. The van der Waals surface area contributed by atoms with Crippen molar-refractivity contribution in [3.8, 4) is 0 Å². The van der Waals surface area contributed by atoms with E-state index in [1.54, 1.807) is 23.1 Å². The molecule has 0 saturated carbocycles. The van der Waals surface area contributed by atoms with Crippen molar-refractivity contribution in [2.45, 2.75) is 12.8 Å². The van der Waals surface area contributed by atoms with Crippen molar-refractivity contribution < 1.29 is 23.4 Å². The van der Waals surface area contributed by atoms with Crippen LogP contribution in [0.3, 0.4) is 0 Å². The maximum Gasteiger partial charge on any atom is 0.322 e. The molecule has 2 amide bonds. The van der Waals surface area contributed by atoms with E-state index in [4.69, 9.17) is 16.3 Å². The van der Waals surface area contributed by atoms with E-state index in [9.17, 15) is 18.7 Å². The molecule has 156 valence electrons. The fourth-order valence-corrected chi connectivity index (χ4v) is 3.57. The zero-order valence-corrected chi connectivity index (χ0v) is 16.6.